The van der Waals surface area contributed by atoms with Gasteiger partial charge in [0.1, 0.15) is 0 Å². The van der Waals surface area contributed by atoms with Gasteiger partial charge in [-0.05, 0) is 60.2 Å². The quantitative estimate of drug-likeness (QED) is 0.453. The summed E-state index contributed by atoms with van der Waals surface area (Å²) in [4.78, 5) is 12.3. The number of nitrogens with zero attached hydrogens (tertiary/aromatic N) is 3. The summed E-state index contributed by atoms with van der Waals surface area (Å²) in [5.41, 5.74) is 9.08. The number of fused-ring (bicyclic) bond motifs is 1. The van der Waals surface area contributed by atoms with Crippen LogP contribution in [0.1, 0.15) is 34.9 Å². The molecule has 0 spiro atoms. The molecule has 1 aliphatic heterocycles. The first kappa shape index (κ1) is 18.8. The van der Waals surface area contributed by atoms with E-state index in [1.807, 2.05) is 11.3 Å². The van der Waals surface area contributed by atoms with Crippen LogP contribution in [0.25, 0.3) is 0 Å². The highest BCUT2D eigenvalue weighted by molar-refractivity contribution is 7.98. The van der Waals surface area contributed by atoms with Crippen LogP contribution in [0.4, 0.5) is 0 Å². The number of thiophene rings is 1. The van der Waals surface area contributed by atoms with E-state index < -0.39 is 0 Å². The van der Waals surface area contributed by atoms with Gasteiger partial charge in [0.2, 0.25) is 0 Å². The summed E-state index contributed by atoms with van der Waals surface area (Å²) in [6, 6.07) is 12.1. The highest BCUT2D eigenvalue weighted by atomic mass is 32.2. The maximum Gasteiger partial charge on any atom is 0.191 e. The summed E-state index contributed by atoms with van der Waals surface area (Å²) >= 11 is 3.67. The smallest absolute Gasteiger partial charge is 0.191 e. The zero-order valence-electron chi connectivity index (χ0n) is 16.1. The minimum atomic E-state index is 0.264. The maximum absolute atomic E-state index is 6.28. The van der Waals surface area contributed by atoms with Crippen molar-refractivity contribution in [1.82, 2.24) is 9.80 Å². The molecule has 0 saturated heterocycles. The third-order valence-corrected chi connectivity index (χ3v) is 7.43. The van der Waals surface area contributed by atoms with Crippen molar-refractivity contribution in [3.63, 3.8) is 0 Å². The average Bonchev–Trinajstić information content (AvgIpc) is 3.45. The summed E-state index contributed by atoms with van der Waals surface area (Å²) in [6.45, 7) is 2.79. The zero-order chi connectivity index (χ0) is 18.8. The Morgan fingerprint density at radius 2 is 2.11 bits per heavy atom. The SMILES string of the molecule is CSc1ccc(C(CN=C(N)N(C)C2CC2)N2CCc3sccc3C2)cc1. The van der Waals surface area contributed by atoms with Gasteiger partial charge < -0.3 is 10.6 Å². The van der Waals surface area contributed by atoms with Crippen LogP contribution in [-0.2, 0) is 13.0 Å². The molecule has 6 heteroatoms. The fourth-order valence-electron chi connectivity index (χ4n) is 3.73. The molecule has 0 amide bonds. The lowest BCUT2D eigenvalue weighted by molar-refractivity contribution is 0.185. The first-order chi connectivity index (χ1) is 13.2. The number of aliphatic imine (C=N–C) groups is 1. The molecule has 2 heterocycles. The molecule has 4 nitrogen and oxygen atoms in total. The fourth-order valence-corrected chi connectivity index (χ4v) is 5.03. The van der Waals surface area contributed by atoms with Crippen molar-refractivity contribution in [1.29, 1.82) is 0 Å². The highest BCUT2D eigenvalue weighted by Gasteiger charge is 2.29. The number of guanidine groups is 1. The lowest BCUT2D eigenvalue weighted by atomic mass is 10.0. The monoisotopic (exact) mass is 400 g/mol. The molecule has 1 unspecified atom stereocenters. The molecule has 1 fully saturated rings. The topological polar surface area (TPSA) is 44.9 Å². The minimum Gasteiger partial charge on any atom is -0.370 e. The second kappa shape index (κ2) is 8.25. The van der Waals surface area contributed by atoms with Crippen LogP contribution in [0, 0.1) is 0 Å². The highest BCUT2D eigenvalue weighted by Crippen LogP contribution is 2.32. The van der Waals surface area contributed by atoms with Crippen LogP contribution in [-0.4, -0.2) is 48.2 Å². The average molecular weight is 401 g/mol. The Balaban J connectivity index is 1.55. The van der Waals surface area contributed by atoms with E-state index in [0.717, 1.165) is 19.5 Å². The van der Waals surface area contributed by atoms with E-state index in [1.54, 1.807) is 16.6 Å². The predicted octanol–water partition coefficient (Wildman–Crippen LogP) is 3.98. The largest absolute Gasteiger partial charge is 0.370 e. The maximum atomic E-state index is 6.28. The van der Waals surface area contributed by atoms with Gasteiger partial charge in [0.15, 0.2) is 5.96 Å². The predicted molar refractivity (Wildman–Crippen MR) is 117 cm³/mol. The van der Waals surface area contributed by atoms with Gasteiger partial charge in [0.25, 0.3) is 0 Å². The Labute approximate surface area is 170 Å². The molecule has 1 aliphatic carbocycles. The molecule has 144 valence electrons. The Morgan fingerprint density at radius 1 is 1.33 bits per heavy atom. The molecule has 1 atom stereocenters. The van der Waals surface area contributed by atoms with E-state index in [1.165, 1.54) is 28.9 Å². The summed E-state index contributed by atoms with van der Waals surface area (Å²) < 4.78 is 0. The summed E-state index contributed by atoms with van der Waals surface area (Å²) in [7, 11) is 2.07. The van der Waals surface area contributed by atoms with Crippen molar-refractivity contribution in [2.24, 2.45) is 10.7 Å². The van der Waals surface area contributed by atoms with Crippen molar-refractivity contribution in [2.45, 2.75) is 42.8 Å². The number of benzene rings is 1. The van der Waals surface area contributed by atoms with Crippen molar-refractivity contribution in [3.8, 4) is 0 Å². The molecule has 4 rings (SSSR count). The van der Waals surface area contributed by atoms with Crippen molar-refractivity contribution in [3.05, 3.63) is 51.7 Å². The standard InChI is InChI=1S/C21H28N4S2/c1-24(17-5-6-17)21(22)23-13-19(15-3-7-18(26-2)8-4-15)25-11-9-20-16(14-25)10-12-27-20/h3-4,7-8,10,12,17,19H,5-6,9,11,13-14H2,1-2H3,(H2,22,23). The first-order valence-corrected chi connectivity index (χ1v) is 11.7. The van der Waals surface area contributed by atoms with Gasteiger partial charge in [-0.2, -0.15) is 0 Å². The summed E-state index contributed by atoms with van der Waals surface area (Å²) in [5.74, 6) is 0.677. The Kier molecular flexibility index (Phi) is 5.76. The van der Waals surface area contributed by atoms with Crippen LogP contribution in [0.2, 0.25) is 0 Å². The molecule has 0 bridgehead atoms. The zero-order valence-corrected chi connectivity index (χ0v) is 17.7. The van der Waals surface area contributed by atoms with E-state index in [0.29, 0.717) is 18.5 Å². The number of nitrogens with two attached hydrogens (primary N) is 1. The second-order valence-electron chi connectivity index (χ2n) is 7.42. The van der Waals surface area contributed by atoms with E-state index in [4.69, 9.17) is 10.7 Å². The minimum absolute atomic E-state index is 0.264. The second-order valence-corrected chi connectivity index (χ2v) is 9.30. The Hall–Kier alpha value is -1.50. The molecule has 1 aromatic carbocycles. The lowest BCUT2D eigenvalue weighted by Gasteiger charge is -2.34. The van der Waals surface area contributed by atoms with Crippen molar-refractivity contribution < 1.29 is 0 Å². The van der Waals surface area contributed by atoms with Crippen molar-refractivity contribution >= 4 is 29.1 Å². The summed E-state index contributed by atoms with van der Waals surface area (Å²) in [6.07, 6.45) is 5.72. The number of rotatable bonds is 6. The fraction of sp³-hybridized carbons (Fsp3) is 0.476. The van der Waals surface area contributed by atoms with E-state index in [9.17, 15) is 0 Å². The molecular weight excluding hydrogens is 372 g/mol. The van der Waals surface area contributed by atoms with E-state index >= 15 is 0 Å². The number of hydrogen-bond donors (Lipinski definition) is 1. The molecule has 1 aromatic heterocycles. The normalized spacial score (nSPS) is 19.0. The van der Waals surface area contributed by atoms with Crippen LogP contribution in [0.5, 0.6) is 0 Å². The molecule has 1 saturated carbocycles. The molecule has 2 N–H and O–H groups in total. The van der Waals surface area contributed by atoms with Crippen LogP contribution < -0.4 is 5.73 Å². The van der Waals surface area contributed by atoms with E-state index in [2.05, 4.69) is 58.8 Å². The molecule has 2 aliphatic rings. The van der Waals surface area contributed by atoms with E-state index in [-0.39, 0.29) is 6.04 Å². The molecule has 2 aromatic rings. The van der Waals surface area contributed by atoms with Gasteiger partial charge in [0.05, 0.1) is 12.6 Å². The van der Waals surface area contributed by atoms with Crippen LogP contribution in [0.15, 0.2) is 45.6 Å². The van der Waals surface area contributed by atoms with Gasteiger partial charge in [-0.3, -0.25) is 9.89 Å². The molecule has 0 radical (unpaired) electrons. The van der Waals surface area contributed by atoms with Crippen molar-refractivity contribution in [2.75, 3.05) is 26.4 Å². The van der Waals surface area contributed by atoms with Gasteiger partial charge in [-0.15, -0.1) is 23.1 Å². The van der Waals surface area contributed by atoms with Crippen LogP contribution >= 0.6 is 23.1 Å². The lowest BCUT2D eigenvalue weighted by Crippen LogP contribution is -2.38. The number of thioether (sulfide) groups is 1. The van der Waals surface area contributed by atoms with Gasteiger partial charge in [-0.1, -0.05) is 12.1 Å². The summed E-state index contributed by atoms with van der Waals surface area (Å²) in [5, 5.41) is 2.22. The van der Waals surface area contributed by atoms with Gasteiger partial charge >= 0.3 is 0 Å². The molecule has 27 heavy (non-hydrogen) atoms. The molecular formula is C21H28N4S2. The Morgan fingerprint density at radius 3 is 2.81 bits per heavy atom. The van der Waals surface area contributed by atoms with Crippen LogP contribution in [0.3, 0.4) is 0 Å². The number of hydrogen-bond acceptors (Lipinski definition) is 4. The van der Waals surface area contributed by atoms with Gasteiger partial charge in [-0.25, -0.2) is 0 Å². The first-order valence-electron chi connectivity index (χ1n) is 9.61. The Bertz CT molecular complexity index is 795. The van der Waals surface area contributed by atoms with Gasteiger partial charge in [0, 0.05) is 36.0 Å². The third kappa shape index (κ3) is 4.33. The third-order valence-electron chi connectivity index (χ3n) is 5.66.